The lowest BCUT2D eigenvalue weighted by molar-refractivity contribution is -0.138. The van der Waals surface area contributed by atoms with E-state index in [1.54, 1.807) is 6.07 Å². The fraction of sp³-hybridized carbons (Fsp3) is 0.417. The molecule has 0 aliphatic heterocycles. The van der Waals surface area contributed by atoms with Gasteiger partial charge in [-0.15, -0.1) is 0 Å². The van der Waals surface area contributed by atoms with Gasteiger partial charge in [0.1, 0.15) is 6.04 Å². The Bertz CT molecular complexity index is 580. The fourth-order valence-electron chi connectivity index (χ4n) is 2.07. The number of hydrogen-bond donors (Lipinski definition) is 2. The summed E-state index contributed by atoms with van der Waals surface area (Å²) in [5, 5.41) is 8.72. The van der Waals surface area contributed by atoms with Gasteiger partial charge in [-0.1, -0.05) is 6.07 Å². The first kappa shape index (κ1) is 13.0. The number of sulfonamides is 1. The molecule has 0 fully saturated rings. The van der Waals surface area contributed by atoms with E-state index in [0.29, 0.717) is 0 Å². The molecule has 1 aromatic carbocycles. The third-order valence-corrected chi connectivity index (χ3v) is 4.62. The first-order valence-corrected chi connectivity index (χ1v) is 7.25. The van der Waals surface area contributed by atoms with E-state index in [1.807, 2.05) is 6.07 Å². The van der Waals surface area contributed by atoms with Crippen molar-refractivity contribution in [3.05, 3.63) is 29.3 Å². The summed E-state index contributed by atoms with van der Waals surface area (Å²) in [6, 6.07) is 3.84. The molecule has 1 aliphatic rings. The molecule has 0 aromatic heterocycles. The summed E-state index contributed by atoms with van der Waals surface area (Å²) in [6.45, 7) is 1.30. The average Bonchev–Trinajstić information content (AvgIpc) is 2.74. The maximum Gasteiger partial charge on any atom is 0.321 e. The van der Waals surface area contributed by atoms with E-state index in [9.17, 15) is 13.2 Å². The second-order valence-electron chi connectivity index (χ2n) is 4.47. The summed E-state index contributed by atoms with van der Waals surface area (Å²) in [4.78, 5) is 10.8. The highest BCUT2D eigenvalue weighted by Gasteiger charge is 2.23. The number of nitrogens with one attached hydrogen (secondary N) is 1. The topological polar surface area (TPSA) is 83.5 Å². The van der Waals surface area contributed by atoms with Crippen molar-refractivity contribution in [3.8, 4) is 0 Å². The Kier molecular flexibility index (Phi) is 3.41. The summed E-state index contributed by atoms with van der Waals surface area (Å²) < 4.78 is 26.1. The van der Waals surface area contributed by atoms with Crippen LogP contribution in [0.5, 0.6) is 0 Å². The van der Waals surface area contributed by atoms with Gasteiger partial charge in [0, 0.05) is 0 Å². The van der Waals surface area contributed by atoms with Gasteiger partial charge < -0.3 is 5.11 Å². The normalized spacial score (nSPS) is 16.3. The van der Waals surface area contributed by atoms with Gasteiger partial charge in [-0.2, -0.15) is 4.72 Å². The summed E-state index contributed by atoms with van der Waals surface area (Å²) in [6.07, 6.45) is 2.90. The number of aliphatic carboxylic acids is 1. The van der Waals surface area contributed by atoms with Crippen LogP contribution in [-0.4, -0.2) is 25.5 Å². The molecule has 98 valence electrons. The Morgan fingerprint density at radius 2 is 2.00 bits per heavy atom. The van der Waals surface area contributed by atoms with Crippen LogP contribution in [0.2, 0.25) is 0 Å². The largest absolute Gasteiger partial charge is 0.480 e. The summed E-state index contributed by atoms with van der Waals surface area (Å²) in [5.41, 5.74) is 2.22. The van der Waals surface area contributed by atoms with E-state index < -0.39 is 22.0 Å². The first-order chi connectivity index (χ1) is 8.40. The minimum atomic E-state index is -3.76. The van der Waals surface area contributed by atoms with Crippen molar-refractivity contribution in [1.82, 2.24) is 4.72 Å². The molecule has 1 aromatic rings. The van der Waals surface area contributed by atoms with Crippen molar-refractivity contribution in [2.24, 2.45) is 0 Å². The Balaban J connectivity index is 2.28. The minimum absolute atomic E-state index is 0.135. The molecule has 1 aliphatic carbocycles. The Morgan fingerprint density at radius 1 is 1.33 bits per heavy atom. The number of aryl methyl sites for hydroxylation is 2. The smallest absolute Gasteiger partial charge is 0.321 e. The van der Waals surface area contributed by atoms with Crippen molar-refractivity contribution >= 4 is 16.0 Å². The van der Waals surface area contributed by atoms with Crippen molar-refractivity contribution in [2.75, 3.05) is 0 Å². The van der Waals surface area contributed by atoms with Gasteiger partial charge in [0.2, 0.25) is 10.0 Å². The van der Waals surface area contributed by atoms with Gasteiger partial charge in [0.05, 0.1) is 4.90 Å². The zero-order chi connectivity index (χ0) is 13.3. The fourth-order valence-corrected chi connectivity index (χ4v) is 3.31. The van der Waals surface area contributed by atoms with Crippen molar-refractivity contribution in [2.45, 2.75) is 37.1 Å². The van der Waals surface area contributed by atoms with E-state index in [1.165, 1.54) is 18.6 Å². The molecule has 18 heavy (non-hydrogen) atoms. The molecule has 0 saturated heterocycles. The molecule has 0 spiro atoms. The van der Waals surface area contributed by atoms with Gasteiger partial charge >= 0.3 is 5.97 Å². The molecule has 2 rings (SSSR count). The molecule has 0 amide bonds. The van der Waals surface area contributed by atoms with Gasteiger partial charge in [-0.05, 0) is 49.4 Å². The second kappa shape index (κ2) is 4.70. The standard InChI is InChI=1S/C12H15NO4S/c1-8(12(14)15)13-18(16,17)11-6-5-9-3-2-4-10(9)7-11/h5-8,13H,2-4H2,1H3,(H,14,15)/t8-/m0/s1. The third kappa shape index (κ3) is 2.54. The lowest BCUT2D eigenvalue weighted by Crippen LogP contribution is -2.38. The van der Waals surface area contributed by atoms with E-state index in [0.717, 1.165) is 24.8 Å². The number of fused-ring (bicyclic) bond motifs is 1. The monoisotopic (exact) mass is 269 g/mol. The lowest BCUT2D eigenvalue weighted by atomic mass is 10.1. The maximum atomic E-state index is 12.0. The van der Waals surface area contributed by atoms with Gasteiger partial charge in [0.25, 0.3) is 0 Å². The zero-order valence-electron chi connectivity index (χ0n) is 10.0. The molecule has 5 nitrogen and oxygen atoms in total. The van der Waals surface area contributed by atoms with Crippen molar-refractivity contribution in [3.63, 3.8) is 0 Å². The van der Waals surface area contributed by atoms with Crippen LogP contribution in [0.4, 0.5) is 0 Å². The van der Waals surface area contributed by atoms with Crippen LogP contribution in [-0.2, 0) is 27.7 Å². The molecule has 0 unspecified atom stereocenters. The summed E-state index contributed by atoms with van der Waals surface area (Å²) in [7, 11) is -3.76. The van der Waals surface area contributed by atoms with E-state index >= 15 is 0 Å². The van der Waals surface area contributed by atoms with Crippen LogP contribution < -0.4 is 4.72 Å². The second-order valence-corrected chi connectivity index (χ2v) is 6.18. The SMILES string of the molecule is C[C@H](NS(=O)(=O)c1ccc2c(c1)CCC2)C(=O)O. The number of rotatable bonds is 4. The molecule has 0 saturated carbocycles. The summed E-state index contributed by atoms with van der Waals surface area (Å²) >= 11 is 0. The number of benzene rings is 1. The zero-order valence-corrected chi connectivity index (χ0v) is 10.8. The molecule has 2 N–H and O–H groups in total. The molecule has 6 heteroatoms. The quantitative estimate of drug-likeness (QED) is 0.851. The average molecular weight is 269 g/mol. The molecule has 0 bridgehead atoms. The lowest BCUT2D eigenvalue weighted by Gasteiger charge is -2.11. The van der Waals surface area contributed by atoms with E-state index in [-0.39, 0.29) is 4.90 Å². The van der Waals surface area contributed by atoms with Crippen molar-refractivity contribution in [1.29, 1.82) is 0 Å². The number of carboxylic acids is 1. The maximum absolute atomic E-state index is 12.0. The summed E-state index contributed by atoms with van der Waals surface area (Å²) in [5.74, 6) is -1.19. The highest BCUT2D eigenvalue weighted by molar-refractivity contribution is 7.89. The van der Waals surface area contributed by atoms with Crippen LogP contribution in [0.15, 0.2) is 23.1 Å². The number of carbonyl (C=O) groups is 1. The minimum Gasteiger partial charge on any atom is -0.480 e. The first-order valence-electron chi connectivity index (χ1n) is 5.77. The van der Waals surface area contributed by atoms with Crippen LogP contribution in [0, 0.1) is 0 Å². The predicted octanol–water partition coefficient (Wildman–Crippen LogP) is 0.927. The highest BCUT2D eigenvalue weighted by atomic mass is 32.2. The third-order valence-electron chi connectivity index (χ3n) is 3.08. The van der Waals surface area contributed by atoms with Crippen molar-refractivity contribution < 1.29 is 18.3 Å². The molecule has 1 atom stereocenters. The van der Waals surface area contributed by atoms with Crippen LogP contribution in [0.3, 0.4) is 0 Å². The Hall–Kier alpha value is -1.40. The Labute approximate surface area is 106 Å². The van der Waals surface area contributed by atoms with Crippen LogP contribution in [0.1, 0.15) is 24.5 Å². The number of hydrogen-bond acceptors (Lipinski definition) is 3. The number of carboxylic acid groups (broad SMARTS) is 1. The van der Waals surface area contributed by atoms with Gasteiger partial charge in [0.15, 0.2) is 0 Å². The molecule has 0 radical (unpaired) electrons. The van der Waals surface area contributed by atoms with E-state index in [4.69, 9.17) is 5.11 Å². The molecule has 0 heterocycles. The van der Waals surface area contributed by atoms with Gasteiger partial charge in [-0.25, -0.2) is 8.42 Å². The highest BCUT2D eigenvalue weighted by Crippen LogP contribution is 2.24. The predicted molar refractivity (Wildman–Crippen MR) is 65.9 cm³/mol. The van der Waals surface area contributed by atoms with Gasteiger partial charge in [-0.3, -0.25) is 4.79 Å². The molecular weight excluding hydrogens is 254 g/mol. The Morgan fingerprint density at radius 3 is 2.67 bits per heavy atom. The van der Waals surface area contributed by atoms with Crippen LogP contribution in [0.25, 0.3) is 0 Å². The molecular formula is C12H15NO4S. The van der Waals surface area contributed by atoms with E-state index in [2.05, 4.69) is 4.72 Å². The van der Waals surface area contributed by atoms with Crippen LogP contribution >= 0.6 is 0 Å².